The molecular weight excluding hydrogens is 159 g/mol. The second kappa shape index (κ2) is 5.98. The highest BCUT2D eigenvalue weighted by Crippen LogP contribution is 2.15. The van der Waals surface area contributed by atoms with E-state index in [1.165, 1.54) is 0 Å². The Balaban J connectivity index is 3.67. The molecule has 2 unspecified atom stereocenters. The van der Waals surface area contributed by atoms with Gasteiger partial charge in [-0.3, -0.25) is 4.79 Å². The number of hydrogen-bond acceptors (Lipinski definition) is 2. The van der Waals surface area contributed by atoms with Crippen molar-refractivity contribution in [2.45, 2.75) is 39.8 Å². The van der Waals surface area contributed by atoms with Crippen LogP contribution in [0.25, 0.3) is 0 Å². The van der Waals surface area contributed by atoms with Gasteiger partial charge in [0.25, 0.3) is 0 Å². The molecule has 0 saturated heterocycles. The van der Waals surface area contributed by atoms with E-state index < -0.39 is 6.17 Å². The average molecular weight is 176 g/mol. The summed E-state index contributed by atoms with van der Waals surface area (Å²) in [7, 11) is 0. The SMILES string of the molecule is CCOC(=O)CC(C)C(F)CC. The smallest absolute Gasteiger partial charge is 0.306 e. The fourth-order valence-electron chi connectivity index (χ4n) is 1.01. The highest BCUT2D eigenvalue weighted by molar-refractivity contribution is 5.69. The van der Waals surface area contributed by atoms with Crippen molar-refractivity contribution in [3.8, 4) is 0 Å². The van der Waals surface area contributed by atoms with Crippen molar-refractivity contribution in [1.82, 2.24) is 0 Å². The lowest BCUT2D eigenvalue weighted by Gasteiger charge is -2.13. The van der Waals surface area contributed by atoms with Crippen LogP contribution in [-0.2, 0) is 9.53 Å². The summed E-state index contributed by atoms with van der Waals surface area (Å²) in [6, 6.07) is 0. The van der Waals surface area contributed by atoms with Crippen molar-refractivity contribution in [3.05, 3.63) is 0 Å². The summed E-state index contributed by atoms with van der Waals surface area (Å²) in [4.78, 5) is 10.9. The number of ether oxygens (including phenoxy) is 1. The van der Waals surface area contributed by atoms with Crippen LogP contribution in [0.3, 0.4) is 0 Å². The predicted molar refractivity (Wildman–Crippen MR) is 45.6 cm³/mol. The first-order valence-electron chi connectivity index (χ1n) is 4.41. The Kier molecular flexibility index (Phi) is 5.68. The molecule has 72 valence electrons. The van der Waals surface area contributed by atoms with Crippen LogP contribution < -0.4 is 0 Å². The third-order valence-electron chi connectivity index (χ3n) is 1.80. The Labute approximate surface area is 73.1 Å². The van der Waals surface area contributed by atoms with E-state index >= 15 is 0 Å². The molecule has 0 aliphatic heterocycles. The minimum atomic E-state index is -0.894. The van der Waals surface area contributed by atoms with E-state index in [1.54, 1.807) is 20.8 Å². The van der Waals surface area contributed by atoms with Gasteiger partial charge in [-0.2, -0.15) is 0 Å². The number of hydrogen-bond donors (Lipinski definition) is 0. The molecule has 0 fully saturated rings. The van der Waals surface area contributed by atoms with E-state index in [0.29, 0.717) is 13.0 Å². The topological polar surface area (TPSA) is 26.3 Å². The quantitative estimate of drug-likeness (QED) is 0.601. The summed E-state index contributed by atoms with van der Waals surface area (Å²) in [6.07, 6.45) is -0.252. The van der Waals surface area contributed by atoms with Crippen molar-refractivity contribution in [2.24, 2.45) is 5.92 Å². The minimum absolute atomic E-state index is 0.183. The van der Waals surface area contributed by atoms with E-state index in [-0.39, 0.29) is 18.3 Å². The van der Waals surface area contributed by atoms with Crippen LogP contribution >= 0.6 is 0 Å². The number of carbonyl (C=O) groups excluding carboxylic acids is 1. The molecule has 0 aliphatic carbocycles. The van der Waals surface area contributed by atoms with Gasteiger partial charge in [0.05, 0.1) is 13.0 Å². The average Bonchev–Trinajstić information content (AvgIpc) is 2.03. The zero-order valence-electron chi connectivity index (χ0n) is 7.97. The fourth-order valence-corrected chi connectivity index (χ4v) is 1.01. The largest absolute Gasteiger partial charge is 0.466 e. The van der Waals surface area contributed by atoms with E-state index in [0.717, 1.165) is 0 Å². The van der Waals surface area contributed by atoms with Crippen LogP contribution in [0.5, 0.6) is 0 Å². The maximum atomic E-state index is 12.9. The van der Waals surface area contributed by atoms with Gasteiger partial charge >= 0.3 is 5.97 Å². The van der Waals surface area contributed by atoms with Gasteiger partial charge in [-0.1, -0.05) is 13.8 Å². The lowest BCUT2D eigenvalue weighted by atomic mass is 10.0. The second-order valence-electron chi connectivity index (χ2n) is 2.91. The number of alkyl halides is 1. The second-order valence-corrected chi connectivity index (χ2v) is 2.91. The molecule has 0 saturated carbocycles. The first kappa shape index (κ1) is 11.4. The Morgan fingerprint density at radius 1 is 1.50 bits per heavy atom. The van der Waals surface area contributed by atoms with Crippen LogP contribution in [0.15, 0.2) is 0 Å². The van der Waals surface area contributed by atoms with E-state index in [4.69, 9.17) is 4.74 Å². The third kappa shape index (κ3) is 4.31. The third-order valence-corrected chi connectivity index (χ3v) is 1.80. The molecule has 3 heteroatoms. The molecular formula is C9H17FO2. The molecule has 0 amide bonds. The molecule has 12 heavy (non-hydrogen) atoms. The molecule has 2 nitrogen and oxygen atoms in total. The monoisotopic (exact) mass is 176 g/mol. The summed E-state index contributed by atoms with van der Waals surface area (Å²) >= 11 is 0. The standard InChI is InChI=1S/C9H17FO2/c1-4-8(10)7(3)6-9(11)12-5-2/h7-8H,4-6H2,1-3H3. The van der Waals surface area contributed by atoms with Crippen LogP contribution in [0.1, 0.15) is 33.6 Å². The van der Waals surface area contributed by atoms with Crippen molar-refractivity contribution in [3.63, 3.8) is 0 Å². The normalized spacial score (nSPS) is 15.3. The van der Waals surface area contributed by atoms with Gasteiger partial charge in [-0.25, -0.2) is 4.39 Å². The number of halogens is 1. The number of rotatable bonds is 5. The summed E-state index contributed by atoms with van der Waals surface area (Å²) in [5.74, 6) is -0.532. The van der Waals surface area contributed by atoms with Crippen molar-refractivity contribution < 1.29 is 13.9 Å². The van der Waals surface area contributed by atoms with Gasteiger partial charge in [0.2, 0.25) is 0 Å². The minimum Gasteiger partial charge on any atom is -0.466 e. The van der Waals surface area contributed by atoms with Gasteiger partial charge in [0.15, 0.2) is 0 Å². The Morgan fingerprint density at radius 2 is 2.08 bits per heavy atom. The molecule has 0 heterocycles. The molecule has 0 rings (SSSR count). The van der Waals surface area contributed by atoms with E-state index in [1.807, 2.05) is 0 Å². The Hall–Kier alpha value is -0.600. The summed E-state index contributed by atoms with van der Waals surface area (Å²) < 4.78 is 17.6. The van der Waals surface area contributed by atoms with Crippen molar-refractivity contribution in [1.29, 1.82) is 0 Å². The summed E-state index contributed by atoms with van der Waals surface area (Å²) in [5, 5.41) is 0. The maximum absolute atomic E-state index is 12.9. The first-order valence-corrected chi connectivity index (χ1v) is 4.41. The highest BCUT2D eigenvalue weighted by atomic mass is 19.1. The van der Waals surface area contributed by atoms with Gasteiger partial charge in [-0.05, 0) is 19.3 Å². The van der Waals surface area contributed by atoms with Crippen LogP contribution in [0.2, 0.25) is 0 Å². The van der Waals surface area contributed by atoms with E-state index in [9.17, 15) is 9.18 Å². The van der Waals surface area contributed by atoms with Crippen LogP contribution in [0, 0.1) is 5.92 Å². The molecule has 0 aliphatic rings. The zero-order chi connectivity index (χ0) is 9.56. The molecule has 0 aromatic rings. The first-order chi connectivity index (χ1) is 5.61. The molecule has 0 radical (unpaired) electrons. The molecule has 0 aromatic carbocycles. The van der Waals surface area contributed by atoms with Gasteiger partial charge in [-0.15, -0.1) is 0 Å². The maximum Gasteiger partial charge on any atom is 0.306 e. The Bertz CT molecular complexity index is 136. The molecule has 0 bridgehead atoms. The van der Waals surface area contributed by atoms with Crippen molar-refractivity contribution >= 4 is 5.97 Å². The highest BCUT2D eigenvalue weighted by Gasteiger charge is 2.17. The van der Waals surface area contributed by atoms with Gasteiger partial charge < -0.3 is 4.74 Å². The zero-order valence-corrected chi connectivity index (χ0v) is 7.97. The molecule has 0 spiro atoms. The van der Waals surface area contributed by atoms with Crippen LogP contribution in [-0.4, -0.2) is 18.7 Å². The summed E-state index contributed by atoms with van der Waals surface area (Å²) in [5.41, 5.74) is 0. The number of esters is 1. The lowest BCUT2D eigenvalue weighted by molar-refractivity contribution is -0.144. The summed E-state index contributed by atoms with van der Waals surface area (Å²) in [6.45, 7) is 5.61. The molecule has 0 aromatic heterocycles. The van der Waals surface area contributed by atoms with Crippen LogP contribution in [0.4, 0.5) is 4.39 Å². The lowest BCUT2D eigenvalue weighted by Crippen LogP contribution is -2.17. The predicted octanol–water partition coefficient (Wildman–Crippen LogP) is 2.32. The van der Waals surface area contributed by atoms with E-state index in [2.05, 4.69) is 0 Å². The molecule has 2 atom stereocenters. The van der Waals surface area contributed by atoms with Gasteiger partial charge in [0.1, 0.15) is 6.17 Å². The van der Waals surface area contributed by atoms with Gasteiger partial charge in [0, 0.05) is 0 Å². The fraction of sp³-hybridized carbons (Fsp3) is 0.889. The molecule has 0 N–H and O–H groups in total. The Morgan fingerprint density at radius 3 is 2.50 bits per heavy atom. The van der Waals surface area contributed by atoms with Crippen molar-refractivity contribution in [2.75, 3.05) is 6.61 Å². The number of carbonyl (C=O) groups is 1.